The number of likely N-dealkylation sites (tertiary alicyclic amines) is 1. The van der Waals surface area contributed by atoms with Crippen LogP contribution in [0.25, 0.3) is 21.6 Å². The van der Waals surface area contributed by atoms with Gasteiger partial charge in [-0.25, -0.2) is 18.2 Å². The predicted molar refractivity (Wildman–Crippen MR) is 252 cm³/mol. The highest BCUT2D eigenvalue weighted by atomic mass is 32.2. The third-order valence-electron chi connectivity index (χ3n) is 13.5. The summed E-state index contributed by atoms with van der Waals surface area (Å²) in [5.41, 5.74) is 0.266. The number of nitrogens with zero attached hydrogens (tertiary/aromatic N) is 4. The van der Waals surface area contributed by atoms with Gasteiger partial charge in [0.15, 0.2) is 0 Å². The van der Waals surface area contributed by atoms with Crippen molar-refractivity contribution in [1.29, 1.82) is 0 Å². The standard InChI is InChI=1S/C48H71N7O8S2/c1-14-29-24-48(29)42(58)53-65(60,61)35-21-28(35)23-47(12,13)20-16-19-34-36(26(2)3)49-40(64-34)31-17-15-18-32-37(31)50-43(55(32)27(4)5)62-30-22-33(39(56)52-48)54(25-30)41(57)38(45(6,7)8)51-44(59)63-46(9,10)11/h15,17-18,26-30,33,35,38H,14,16,19-25H2,1-13H3,(H,51,59)(H,52,56)(H,53,58). The molecule has 0 radical (unpaired) electrons. The molecular weight excluding hydrogens is 867 g/mol. The molecule has 1 aromatic carbocycles. The number of benzene rings is 1. The molecule has 3 aromatic rings. The SMILES string of the molecule is CCC1CC12NC(=O)C1CC(CN1C(=O)C(NC(=O)OC(C)(C)C)C(C)(C)C)Oc1nc3c(cccc3n1C(C)C)-c1nc(C(C)C)c(s1)CCCC(C)(C)CC1CC1S(=O)(=O)NC2=O. The Hall–Kier alpha value is -4.25. The summed E-state index contributed by atoms with van der Waals surface area (Å²) in [6.07, 6.45) is 3.11. The van der Waals surface area contributed by atoms with E-state index in [1.807, 2.05) is 64.3 Å². The largest absolute Gasteiger partial charge is 0.459 e. The van der Waals surface area contributed by atoms with Crippen molar-refractivity contribution in [3.8, 4) is 16.6 Å². The zero-order valence-electron chi connectivity index (χ0n) is 40.6. The summed E-state index contributed by atoms with van der Waals surface area (Å²) in [5, 5.41) is 5.91. The Morgan fingerprint density at radius 1 is 1.05 bits per heavy atom. The number of hydrogen-bond acceptors (Lipinski definition) is 11. The highest BCUT2D eigenvalue weighted by Crippen LogP contribution is 2.49. The van der Waals surface area contributed by atoms with Crippen LogP contribution in [0.5, 0.6) is 6.01 Å². The van der Waals surface area contributed by atoms with E-state index in [9.17, 15) is 27.6 Å². The van der Waals surface area contributed by atoms with Crippen LogP contribution in [-0.2, 0) is 35.6 Å². The van der Waals surface area contributed by atoms with E-state index in [1.165, 1.54) is 9.78 Å². The molecule has 7 atom stereocenters. The van der Waals surface area contributed by atoms with Gasteiger partial charge in [0.1, 0.15) is 39.9 Å². The van der Waals surface area contributed by atoms with Crippen LogP contribution in [-0.4, -0.2) is 92.8 Å². The molecule has 2 aliphatic carbocycles. The third kappa shape index (κ3) is 10.2. The van der Waals surface area contributed by atoms with Crippen molar-refractivity contribution < 1.29 is 37.1 Å². The Kier molecular flexibility index (Phi) is 13.1. The van der Waals surface area contributed by atoms with Crippen molar-refractivity contribution in [2.75, 3.05) is 6.54 Å². The third-order valence-corrected chi connectivity index (χ3v) is 16.5. The Balaban J connectivity index is 1.31. The first-order valence-corrected chi connectivity index (χ1v) is 25.9. The van der Waals surface area contributed by atoms with E-state index in [1.54, 1.807) is 32.1 Å². The number of para-hydroxylation sites is 1. The number of nitrogens with one attached hydrogen (secondary N) is 3. The molecule has 1 saturated heterocycles. The molecule has 7 rings (SSSR count). The van der Waals surface area contributed by atoms with Crippen molar-refractivity contribution in [2.24, 2.45) is 22.7 Å². The number of fused-ring (bicyclic) bond motifs is 7. The minimum atomic E-state index is -4.05. The fourth-order valence-corrected chi connectivity index (χ4v) is 13.0. The van der Waals surface area contributed by atoms with E-state index in [-0.39, 0.29) is 48.6 Å². The zero-order chi connectivity index (χ0) is 47.8. The molecule has 4 heterocycles. The summed E-state index contributed by atoms with van der Waals surface area (Å²) in [6, 6.07) is 4.03. The Morgan fingerprint density at radius 3 is 2.37 bits per heavy atom. The number of hydrogen-bond donors (Lipinski definition) is 3. The lowest BCUT2D eigenvalue weighted by molar-refractivity contribution is -0.143. The number of sulfonamides is 1. The normalized spacial score (nSPS) is 27.4. The average molecular weight is 938 g/mol. The van der Waals surface area contributed by atoms with E-state index >= 15 is 0 Å². The van der Waals surface area contributed by atoms with Crippen LogP contribution < -0.4 is 20.1 Å². The zero-order valence-corrected chi connectivity index (χ0v) is 42.2. The molecule has 17 heteroatoms. The maximum Gasteiger partial charge on any atom is 0.408 e. The van der Waals surface area contributed by atoms with Crippen LogP contribution in [0.1, 0.15) is 157 Å². The van der Waals surface area contributed by atoms with Crippen molar-refractivity contribution in [3.63, 3.8) is 0 Å². The number of thiazole rings is 1. The lowest BCUT2D eigenvalue weighted by Crippen LogP contribution is -2.60. The summed E-state index contributed by atoms with van der Waals surface area (Å²) in [7, 11) is -4.05. The van der Waals surface area contributed by atoms with E-state index < -0.39 is 73.8 Å². The highest BCUT2D eigenvalue weighted by Gasteiger charge is 2.63. The average Bonchev–Trinajstić information content (AvgIpc) is 3.91. The quantitative estimate of drug-likeness (QED) is 0.226. The van der Waals surface area contributed by atoms with Gasteiger partial charge in [-0.2, -0.15) is 4.98 Å². The minimum Gasteiger partial charge on any atom is -0.459 e. The fraction of sp³-hybridized carbons (Fsp3) is 0.708. The molecule has 15 nitrogen and oxygen atoms in total. The Morgan fingerprint density at radius 2 is 1.75 bits per heavy atom. The fourth-order valence-electron chi connectivity index (χ4n) is 9.99. The second-order valence-electron chi connectivity index (χ2n) is 22.4. The van der Waals surface area contributed by atoms with Gasteiger partial charge in [0, 0.05) is 22.9 Å². The molecule has 65 heavy (non-hydrogen) atoms. The van der Waals surface area contributed by atoms with Crippen LogP contribution in [0.15, 0.2) is 18.2 Å². The smallest absolute Gasteiger partial charge is 0.408 e. The molecule has 1 spiro atoms. The number of aromatic nitrogens is 3. The van der Waals surface area contributed by atoms with Gasteiger partial charge < -0.3 is 25.0 Å². The van der Waals surface area contributed by atoms with E-state index in [0.29, 0.717) is 25.3 Å². The van der Waals surface area contributed by atoms with Crippen LogP contribution in [0.4, 0.5) is 4.79 Å². The number of rotatable bonds is 5. The van der Waals surface area contributed by atoms with Gasteiger partial charge in [-0.3, -0.25) is 23.7 Å². The van der Waals surface area contributed by atoms with Gasteiger partial charge in [0.25, 0.3) is 11.9 Å². The number of alkyl carbamates (subject to hydrolysis) is 1. The van der Waals surface area contributed by atoms with Crippen LogP contribution in [0, 0.1) is 22.7 Å². The van der Waals surface area contributed by atoms with Gasteiger partial charge in [-0.1, -0.05) is 67.9 Å². The number of carbonyl (C=O) groups is 4. The Labute approximate surface area is 389 Å². The van der Waals surface area contributed by atoms with Gasteiger partial charge >= 0.3 is 6.09 Å². The number of imidazole rings is 1. The van der Waals surface area contributed by atoms with Crippen molar-refractivity contribution >= 4 is 56.2 Å². The molecular formula is C48H71N7O8S2. The first-order valence-electron chi connectivity index (χ1n) is 23.5. The lowest BCUT2D eigenvalue weighted by Gasteiger charge is -2.36. The molecule has 4 amide bonds. The summed E-state index contributed by atoms with van der Waals surface area (Å²) in [6.45, 7) is 25.3. The van der Waals surface area contributed by atoms with Crippen LogP contribution in [0.3, 0.4) is 0 Å². The monoisotopic (exact) mass is 937 g/mol. The molecule has 4 aliphatic rings. The second kappa shape index (κ2) is 17.4. The van der Waals surface area contributed by atoms with Gasteiger partial charge in [0.05, 0.1) is 23.0 Å². The molecule has 7 unspecified atom stereocenters. The summed E-state index contributed by atoms with van der Waals surface area (Å²) in [5.74, 6) is -2.11. The number of amides is 4. The van der Waals surface area contributed by atoms with Gasteiger partial charge in [0.2, 0.25) is 21.8 Å². The molecule has 2 aromatic heterocycles. The number of ether oxygens (including phenoxy) is 2. The highest BCUT2D eigenvalue weighted by molar-refractivity contribution is 7.91. The summed E-state index contributed by atoms with van der Waals surface area (Å²) >= 11 is 1.68. The lowest BCUT2D eigenvalue weighted by atomic mass is 9.82. The van der Waals surface area contributed by atoms with Crippen molar-refractivity contribution in [2.45, 2.75) is 188 Å². The maximum atomic E-state index is 14.9. The summed E-state index contributed by atoms with van der Waals surface area (Å²) in [4.78, 5) is 70.1. The minimum absolute atomic E-state index is 0.0363. The first-order chi connectivity index (χ1) is 30.1. The van der Waals surface area contributed by atoms with E-state index in [0.717, 1.165) is 46.6 Å². The van der Waals surface area contributed by atoms with E-state index in [2.05, 4.69) is 43.1 Å². The van der Waals surface area contributed by atoms with Gasteiger partial charge in [-0.05, 0) is 114 Å². The van der Waals surface area contributed by atoms with Crippen molar-refractivity contribution in [3.05, 3.63) is 28.8 Å². The molecule has 2 aliphatic heterocycles. The molecule has 3 fully saturated rings. The molecule has 6 bridgehead atoms. The second-order valence-corrected chi connectivity index (χ2v) is 25.4. The molecule has 358 valence electrons. The number of aryl methyl sites for hydroxylation is 1. The van der Waals surface area contributed by atoms with Gasteiger partial charge in [-0.15, -0.1) is 11.3 Å². The number of carbonyl (C=O) groups excluding carboxylic acids is 4. The molecule has 3 N–H and O–H groups in total. The van der Waals surface area contributed by atoms with Crippen LogP contribution in [0.2, 0.25) is 0 Å². The topological polar surface area (TPSA) is 191 Å². The maximum absolute atomic E-state index is 14.9. The first kappa shape index (κ1) is 48.7. The molecule has 2 saturated carbocycles. The Bertz CT molecular complexity index is 2440. The van der Waals surface area contributed by atoms with Crippen LogP contribution >= 0.6 is 11.3 Å². The predicted octanol–water partition coefficient (Wildman–Crippen LogP) is 8.02. The van der Waals surface area contributed by atoms with Crippen molar-refractivity contribution in [1.82, 2.24) is 34.8 Å². The summed E-state index contributed by atoms with van der Waals surface area (Å²) < 4.78 is 44.5. The van der Waals surface area contributed by atoms with E-state index in [4.69, 9.17) is 19.4 Å².